The van der Waals surface area contributed by atoms with Crippen LogP contribution in [0.5, 0.6) is 17.2 Å². The van der Waals surface area contributed by atoms with Crippen molar-refractivity contribution in [3.05, 3.63) is 52.9 Å². The van der Waals surface area contributed by atoms with E-state index in [4.69, 9.17) is 31.5 Å². The molecule has 0 saturated carbocycles. The number of anilines is 1. The molecule has 3 rings (SSSR count). The molecule has 30 heavy (non-hydrogen) atoms. The fraction of sp³-hybridized carbons (Fsp3) is 0.190. The van der Waals surface area contributed by atoms with Gasteiger partial charge in [-0.25, -0.2) is 0 Å². The molecular formula is C21H19NO6S2. The van der Waals surface area contributed by atoms with Crippen LogP contribution in [-0.4, -0.2) is 42.1 Å². The molecular weight excluding hydrogens is 426 g/mol. The van der Waals surface area contributed by atoms with E-state index in [0.29, 0.717) is 32.2 Å². The number of amides is 1. The van der Waals surface area contributed by atoms with Gasteiger partial charge in [0, 0.05) is 6.07 Å². The van der Waals surface area contributed by atoms with Crippen molar-refractivity contribution >= 4 is 51.9 Å². The van der Waals surface area contributed by atoms with Crippen LogP contribution in [0.15, 0.2) is 47.4 Å². The number of hydrogen-bond donors (Lipinski definition) is 1. The molecule has 2 aromatic rings. The highest BCUT2D eigenvalue weighted by atomic mass is 32.2. The number of hydrogen-bond acceptors (Lipinski definition) is 7. The van der Waals surface area contributed by atoms with E-state index in [0.717, 1.165) is 5.56 Å². The number of nitrogens with zero attached hydrogens (tertiary/aromatic N) is 1. The van der Waals surface area contributed by atoms with E-state index in [9.17, 15) is 9.59 Å². The summed E-state index contributed by atoms with van der Waals surface area (Å²) < 4.78 is 16.4. The highest BCUT2D eigenvalue weighted by Gasteiger charge is 2.35. The van der Waals surface area contributed by atoms with Crippen molar-refractivity contribution in [2.24, 2.45) is 0 Å². The van der Waals surface area contributed by atoms with E-state index in [1.54, 1.807) is 55.7 Å². The molecule has 0 aliphatic carbocycles. The third kappa shape index (κ3) is 4.92. The topological polar surface area (TPSA) is 85.3 Å². The van der Waals surface area contributed by atoms with Crippen molar-refractivity contribution in [3.8, 4) is 17.2 Å². The Morgan fingerprint density at radius 1 is 1.13 bits per heavy atom. The lowest BCUT2D eigenvalue weighted by Crippen LogP contribution is -2.27. The molecule has 1 amide bonds. The second kappa shape index (κ2) is 9.64. The molecule has 1 N–H and O–H groups in total. The van der Waals surface area contributed by atoms with E-state index in [2.05, 4.69) is 0 Å². The monoisotopic (exact) mass is 445 g/mol. The first-order valence-corrected chi connectivity index (χ1v) is 10.1. The minimum absolute atomic E-state index is 0.0704. The zero-order valence-corrected chi connectivity index (χ0v) is 17.9. The van der Waals surface area contributed by atoms with Gasteiger partial charge in [0.1, 0.15) is 17.2 Å². The molecule has 9 heteroatoms. The average molecular weight is 446 g/mol. The first kappa shape index (κ1) is 21.7. The number of methoxy groups -OCH3 is 2. The molecule has 156 valence electrons. The van der Waals surface area contributed by atoms with Crippen LogP contribution in [0.3, 0.4) is 0 Å². The van der Waals surface area contributed by atoms with Gasteiger partial charge in [-0.05, 0) is 35.9 Å². The predicted octanol–water partition coefficient (Wildman–Crippen LogP) is 3.96. The van der Waals surface area contributed by atoms with Crippen LogP contribution < -0.4 is 19.1 Å². The molecule has 0 unspecified atom stereocenters. The Labute approximate surface area is 183 Å². The third-order valence-corrected chi connectivity index (χ3v) is 5.49. The summed E-state index contributed by atoms with van der Waals surface area (Å²) in [7, 11) is 3.07. The summed E-state index contributed by atoms with van der Waals surface area (Å²) in [5, 5.41) is 8.65. The van der Waals surface area contributed by atoms with Gasteiger partial charge in [0.25, 0.3) is 5.91 Å². The lowest BCUT2D eigenvalue weighted by atomic mass is 10.2. The zero-order valence-electron chi connectivity index (χ0n) is 16.3. The van der Waals surface area contributed by atoms with Gasteiger partial charge in [-0.15, -0.1) is 0 Å². The van der Waals surface area contributed by atoms with Crippen molar-refractivity contribution in [1.82, 2.24) is 0 Å². The van der Waals surface area contributed by atoms with E-state index in [-0.39, 0.29) is 18.9 Å². The van der Waals surface area contributed by atoms with Crippen LogP contribution in [0.1, 0.15) is 12.0 Å². The normalized spacial score (nSPS) is 14.9. The molecule has 0 aromatic heterocycles. The van der Waals surface area contributed by atoms with Gasteiger partial charge < -0.3 is 19.3 Å². The van der Waals surface area contributed by atoms with Crippen molar-refractivity contribution < 1.29 is 28.9 Å². The molecule has 1 aliphatic rings. The smallest absolute Gasteiger partial charge is 0.306 e. The van der Waals surface area contributed by atoms with Gasteiger partial charge in [-0.3, -0.25) is 14.5 Å². The molecule has 2 aromatic carbocycles. The number of benzene rings is 2. The minimum Gasteiger partial charge on any atom is -0.497 e. The van der Waals surface area contributed by atoms with Gasteiger partial charge in [-0.2, -0.15) is 0 Å². The summed E-state index contributed by atoms with van der Waals surface area (Å²) in [5.41, 5.74) is 1.34. The number of carbonyl (C=O) groups excluding carboxylic acids is 1. The summed E-state index contributed by atoms with van der Waals surface area (Å²) >= 11 is 6.63. The summed E-state index contributed by atoms with van der Waals surface area (Å²) in [6.45, 7) is 0.0943. The number of thioether (sulfide) groups is 1. The number of carbonyl (C=O) groups is 2. The van der Waals surface area contributed by atoms with Gasteiger partial charge in [0.2, 0.25) is 0 Å². The molecule has 1 saturated heterocycles. The number of thiocarbonyl (C=S) groups is 1. The van der Waals surface area contributed by atoms with Gasteiger partial charge in [-0.1, -0.05) is 36.1 Å². The Balaban J connectivity index is 1.77. The van der Waals surface area contributed by atoms with E-state index < -0.39 is 5.97 Å². The third-order valence-electron chi connectivity index (χ3n) is 4.18. The summed E-state index contributed by atoms with van der Waals surface area (Å²) in [6.07, 6.45) is 1.68. The fourth-order valence-electron chi connectivity index (χ4n) is 2.71. The van der Waals surface area contributed by atoms with Gasteiger partial charge in [0.15, 0.2) is 4.32 Å². The van der Waals surface area contributed by atoms with Crippen molar-refractivity contribution in [2.45, 2.75) is 6.42 Å². The fourth-order valence-corrected chi connectivity index (χ4v) is 4.00. The molecule has 0 radical (unpaired) electrons. The van der Waals surface area contributed by atoms with Crippen molar-refractivity contribution in [2.75, 3.05) is 25.7 Å². The molecule has 0 atom stereocenters. The standard InChI is InChI=1S/C21H19NO6S2/c1-26-15-7-8-16(17(12-15)27-2)22-20(25)18(30-21(22)29)11-13-3-5-14(6-4-13)28-10-9-19(23)24/h3-8,11-12H,9-10H2,1-2H3,(H,23,24)/b18-11+. The van der Waals surface area contributed by atoms with E-state index in [1.807, 2.05) is 0 Å². The minimum atomic E-state index is -0.915. The maximum atomic E-state index is 13.0. The van der Waals surface area contributed by atoms with E-state index >= 15 is 0 Å². The van der Waals surface area contributed by atoms with Crippen LogP contribution in [0, 0.1) is 0 Å². The Morgan fingerprint density at radius 2 is 1.83 bits per heavy atom. The zero-order chi connectivity index (χ0) is 21.7. The SMILES string of the molecule is COc1ccc(N2C(=O)/C(=C\c3ccc(OCCC(=O)O)cc3)SC2=S)c(OC)c1. The highest BCUT2D eigenvalue weighted by Crippen LogP contribution is 2.41. The van der Waals surface area contributed by atoms with Crippen LogP contribution >= 0.6 is 24.0 Å². The molecule has 7 nitrogen and oxygen atoms in total. The predicted molar refractivity (Wildman–Crippen MR) is 119 cm³/mol. The summed E-state index contributed by atoms with van der Waals surface area (Å²) in [4.78, 5) is 25.5. The number of carboxylic acid groups (broad SMARTS) is 1. The average Bonchev–Trinajstić information content (AvgIpc) is 3.01. The second-order valence-electron chi connectivity index (χ2n) is 6.12. The first-order chi connectivity index (χ1) is 14.4. The highest BCUT2D eigenvalue weighted by molar-refractivity contribution is 8.27. The lowest BCUT2D eigenvalue weighted by Gasteiger charge is -2.18. The Hall–Kier alpha value is -3.04. The number of carboxylic acids is 1. The van der Waals surface area contributed by atoms with E-state index in [1.165, 1.54) is 23.8 Å². The maximum Gasteiger partial charge on any atom is 0.306 e. The molecule has 0 spiro atoms. The lowest BCUT2D eigenvalue weighted by molar-refractivity contribution is -0.137. The first-order valence-electron chi connectivity index (χ1n) is 8.87. The molecule has 1 heterocycles. The largest absolute Gasteiger partial charge is 0.497 e. The Morgan fingerprint density at radius 3 is 2.47 bits per heavy atom. The quantitative estimate of drug-likeness (QED) is 0.483. The van der Waals surface area contributed by atoms with Gasteiger partial charge >= 0.3 is 5.97 Å². The van der Waals surface area contributed by atoms with Crippen molar-refractivity contribution in [1.29, 1.82) is 0 Å². The Kier molecular flexibility index (Phi) is 6.96. The van der Waals surface area contributed by atoms with Crippen LogP contribution in [-0.2, 0) is 9.59 Å². The molecule has 1 fully saturated rings. The Bertz CT molecular complexity index is 1000. The second-order valence-corrected chi connectivity index (χ2v) is 7.79. The number of rotatable bonds is 8. The summed E-state index contributed by atoms with van der Waals surface area (Å²) in [5.74, 6) is 0.498. The van der Waals surface area contributed by atoms with Crippen molar-refractivity contribution in [3.63, 3.8) is 0 Å². The number of ether oxygens (including phenoxy) is 3. The van der Waals surface area contributed by atoms with Crippen LogP contribution in [0.4, 0.5) is 5.69 Å². The molecule has 1 aliphatic heterocycles. The van der Waals surface area contributed by atoms with Crippen LogP contribution in [0.2, 0.25) is 0 Å². The van der Waals surface area contributed by atoms with Crippen LogP contribution in [0.25, 0.3) is 6.08 Å². The maximum absolute atomic E-state index is 13.0. The molecule has 0 bridgehead atoms. The number of aliphatic carboxylic acids is 1. The summed E-state index contributed by atoms with van der Waals surface area (Å²) in [6, 6.07) is 12.2. The van der Waals surface area contributed by atoms with Gasteiger partial charge in [0.05, 0.1) is 37.8 Å².